The summed E-state index contributed by atoms with van der Waals surface area (Å²) in [7, 11) is 0. The van der Waals surface area contributed by atoms with Gasteiger partial charge in [-0.25, -0.2) is 9.67 Å². The summed E-state index contributed by atoms with van der Waals surface area (Å²) in [6.07, 6.45) is 4.93. The third-order valence-electron chi connectivity index (χ3n) is 4.29. The fourth-order valence-electron chi connectivity index (χ4n) is 3.07. The lowest BCUT2D eigenvalue weighted by Gasteiger charge is -2.29. The Labute approximate surface area is 143 Å². The Balaban J connectivity index is 1.64. The second-order valence-electron chi connectivity index (χ2n) is 5.77. The van der Waals surface area contributed by atoms with Crippen molar-refractivity contribution in [3.05, 3.63) is 66.0 Å². The second kappa shape index (κ2) is 5.90. The SMILES string of the molecule is NC(=O)c1cnc2n1CCN(C(=O)c1ccccc1-n1cccn1)C2. The molecular formula is C17H16N6O2. The molecule has 2 amide bonds. The van der Waals surface area contributed by atoms with Crippen molar-refractivity contribution in [3.63, 3.8) is 0 Å². The van der Waals surface area contributed by atoms with Crippen LogP contribution in [0.5, 0.6) is 0 Å². The highest BCUT2D eigenvalue weighted by Gasteiger charge is 2.27. The minimum atomic E-state index is -0.512. The van der Waals surface area contributed by atoms with Gasteiger partial charge in [0.2, 0.25) is 0 Å². The zero-order chi connectivity index (χ0) is 17.4. The lowest BCUT2D eigenvalue weighted by Crippen LogP contribution is -2.39. The second-order valence-corrected chi connectivity index (χ2v) is 5.77. The lowest BCUT2D eigenvalue weighted by atomic mass is 10.1. The van der Waals surface area contributed by atoms with Gasteiger partial charge in [0.05, 0.1) is 24.0 Å². The van der Waals surface area contributed by atoms with E-state index in [4.69, 9.17) is 5.73 Å². The van der Waals surface area contributed by atoms with E-state index in [9.17, 15) is 9.59 Å². The van der Waals surface area contributed by atoms with Gasteiger partial charge in [0.1, 0.15) is 11.5 Å². The Morgan fingerprint density at radius 3 is 2.72 bits per heavy atom. The summed E-state index contributed by atoms with van der Waals surface area (Å²) in [4.78, 5) is 30.4. The predicted octanol–water partition coefficient (Wildman–Crippen LogP) is 0.824. The van der Waals surface area contributed by atoms with Crippen LogP contribution >= 0.6 is 0 Å². The molecule has 1 aliphatic heterocycles. The first-order valence-electron chi connectivity index (χ1n) is 7.87. The van der Waals surface area contributed by atoms with Crippen molar-refractivity contribution in [3.8, 4) is 5.69 Å². The van der Waals surface area contributed by atoms with Crippen LogP contribution in [-0.2, 0) is 13.1 Å². The normalized spacial score (nSPS) is 13.5. The maximum absolute atomic E-state index is 13.0. The van der Waals surface area contributed by atoms with Crippen molar-refractivity contribution < 1.29 is 9.59 Å². The fraction of sp³-hybridized carbons (Fsp3) is 0.176. The van der Waals surface area contributed by atoms with Gasteiger partial charge >= 0.3 is 0 Å². The van der Waals surface area contributed by atoms with Gasteiger partial charge in [-0.3, -0.25) is 9.59 Å². The third-order valence-corrected chi connectivity index (χ3v) is 4.29. The van der Waals surface area contributed by atoms with Crippen molar-refractivity contribution in [1.29, 1.82) is 0 Å². The molecule has 0 aliphatic carbocycles. The van der Waals surface area contributed by atoms with Crippen LogP contribution in [0.4, 0.5) is 0 Å². The van der Waals surface area contributed by atoms with E-state index in [2.05, 4.69) is 10.1 Å². The van der Waals surface area contributed by atoms with Crippen molar-refractivity contribution in [2.45, 2.75) is 13.1 Å². The number of amides is 2. The molecular weight excluding hydrogens is 320 g/mol. The van der Waals surface area contributed by atoms with Gasteiger partial charge in [-0.05, 0) is 18.2 Å². The smallest absolute Gasteiger partial charge is 0.266 e. The van der Waals surface area contributed by atoms with E-state index in [-0.39, 0.29) is 5.91 Å². The fourth-order valence-corrected chi connectivity index (χ4v) is 3.07. The van der Waals surface area contributed by atoms with Crippen LogP contribution in [-0.4, -0.2) is 42.6 Å². The molecule has 0 saturated heterocycles. The number of para-hydroxylation sites is 1. The monoisotopic (exact) mass is 336 g/mol. The van der Waals surface area contributed by atoms with Crippen LogP contribution in [0, 0.1) is 0 Å². The standard InChI is InChI=1S/C17H16N6O2/c18-16(24)14-10-19-15-11-21(8-9-22(14)15)17(25)12-4-1-2-5-13(12)23-7-3-6-20-23/h1-7,10H,8-9,11H2,(H2,18,24). The Hall–Kier alpha value is -3.42. The van der Waals surface area contributed by atoms with Gasteiger partial charge in [-0.2, -0.15) is 5.10 Å². The maximum atomic E-state index is 13.0. The number of carbonyl (C=O) groups is 2. The van der Waals surface area contributed by atoms with Crippen LogP contribution < -0.4 is 5.73 Å². The number of rotatable bonds is 3. The van der Waals surface area contributed by atoms with E-state index in [1.54, 1.807) is 32.6 Å². The van der Waals surface area contributed by atoms with E-state index >= 15 is 0 Å². The number of primary amides is 1. The zero-order valence-electron chi connectivity index (χ0n) is 13.4. The molecule has 1 aromatic carbocycles. The maximum Gasteiger partial charge on any atom is 0.266 e. The minimum Gasteiger partial charge on any atom is -0.364 e. The van der Waals surface area contributed by atoms with Crippen LogP contribution in [0.2, 0.25) is 0 Å². The summed E-state index contributed by atoms with van der Waals surface area (Å²) in [6.45, 7) is 1.30. The lowest BCUT2D eigenvalue weighted by molar-refractivity contribution is 0.0706. The molecule has 4 rings (SSSR count). The molecule has 0 radical (unpaired) electrons. The average molecular weight is 336 g/mol. The summed E-state index contributed by atoms with van der Waals surface area (Å²) in [5.74, 6) is 0.0495. The van der Waals surface area contributed by atoms with E-state index in [1.165, 1.54) is 6.20 Å². The number of nitrogens with two attached hydrogens (primary N) is 1. The largest absolute Gasteiger partial charge is 0.364 e. The molecule has 126 valence electrons. The molecule has 2 aromatic heterocycles. The van der Waals surface area contributed by atoms with Crippen molar-refractivity contribution in [2.24, 2.45) is 5.73 Å². The molecule has 1 aliphatic rings. The van der Waals surface area contributed by atoms with Gasteiger partial charge in [-0.1, -0.05) is 12.1 Å². The molecule has 2 N–H and O–H groups in total. The average Bonchev–Trinajstić information content (AvgIpc) is 3.30. The predicted molar refractivity (Wildman–Crippen MR) is 89.0 cm³/mol. The van der Waals surface area contributed by atoms with E-state index in [1.807, 2.05) is 24.3 Å². The van der Waals surface area contributed by atoms with Crippen LogP contribution in [0.15, 0.2) is 48.9 Å². The van der Waals surface area contributed by atoms with Crippen molar-refractivity contribution >= 4 is 11.8 Å². The Morgan fingerprint density at radius 1 is 1.12 bits per heavy atom. The van der Waals surface area contributed by atoms with E-state index in [0.717, 1.165) is 5.69 Å². The van der Waals surface area contributed by atoms with Gasteiger partial charge < -0.3 is 15.2 Å². The molecule has 0 spiro atoms. The number of carbonyl (C=O) groups excluding carboxylic acids is 2. The molecule has 25 heavy (non-hydrogen) atoms. The number of benzene rings is 1. The molecule has 0 bridgehead atoms. The number of hydrogen-bond acceptors (Lipinski definition) is 4. The molecule has 0 unspecified atom stereocenters. The van der Waals surface area contributed by atoms with Gasteiger partial charge in [-0.15, -0.1) is 0 Å². The highest BCUT2D eigenvalue weighted by atomic mass is 16.2. The third kappa shape index (κ3) is 2.57. The topological polar surface area (TPSA) is 99.0 Å². The van der Waals surface area contributed by atoms with E-state index in [0.29, 0.717) is 36.7 Å². The summed E-state index contributed by atoms with van der Waals surface area (Å²) >= 11 is 0. The Bertz CT molecular complexity index is 944. The number of hydrogen-bond donors (Lipinski definition) is 1. The molecule has 8 nitrogen and oxygen atoms in total. The van der Waals surface area contributed by atoms with Crippen LogP contribution in [0.3, 0.4) is 0 Å². The summed E-state index contributed by atoms with van der Waals surface area (Å²) in [6, 6.07) is 9.15. The van der Waals surface area contributed by atoms with Gasteiger partial charge in [0, 0.05) is 25.5 Å². The highest BCUT2D eigenvalue weighted by molar-refractivity contribution is 5.98. The minimum absolute atomic E-state index is 0.0963. The van der Waals surface area contributed by atoms with Crippen LogP contribution in [0.25, 0.3) is 5.69 Å². The number of imidazole rings is 1. The number of aromatic nitrogens is 4. The number of nitrogens with zero attached hydrogens (tertiary/aromatic N) is 5. The Kier molecular flexibility index (Phi) is 3.57. The number of fused-ring (bicyclic) bond motifs is 1. The van der Waals surface area contributed by atoms with Crippen molar-refractivity contribution in [2.75, 3.05) is 6.54 Å². The first-order chi connectivity index (χ1) is 12.1. The highest BCUT2D eigenvalue weighted by Crippen LogP contribution is 2.20. The Morgan fingerprint density at radius 2 is 1.96 bits per heavy atom. The molecule has 3 aromatic rings. The first kappa shape index (κ1) is 15.1. The van der Waals surface area contributed by atoms with Gasteiger partial charge in [0.15, 0.2) is 0 Å². The zero-order valence-corrected chi connectivity index (χ0v) is 13.4. The molecule has 0 atom stereocenters. The molecule has 0 saturated carbocycles. The molecule has 0 fully saturated rings. The summed E-state index contributed by atoms with van der Waals surface area (Å²) in [5, 5.41) is 4.21. The first-order valence-corrected chi connectivity index (χ1v) is 7.87. The summed E-state index contributed by atoms with van der Waals surface area (Å²) in [5.41, 5.74) is 7.02. The van der Waals surface area contributed by atoms with Crippen molar-refractivity contribution in [1.82, 2.24) is 24.2 Å². The summed E-state index contributed by atoms with van der Waals surface area (Å²) < 4.78 is 3.44. The molecule has 8 heteroatoms. The quantitative estimate of drug-likeness (QED) is 0.765. The van der Waals surface area contributed by atoms with Gasteiger partial charge in [0.25, 0.3) is 11.8 Å². The van der Waals surface area contributed by atoms with Crippen LogP contribution in [0.1, 0.15) is 26.7 Å². The molecule has 3 heterocycles. The van der Waals surface area contributed by atoms with E-state index < -0.39 is 5.91 Å².